The van der Waals surface area contributed by atoms with Gasteiger partial charge in [-0.3, -0.25) is 4.99 Å². The molecule has 1 aliphatic rings. The van der Waals surface area contributed by atoms with Crippen LogP contribution < -0.4 is 10.6 Å². The average molecular weight is 370 g/mol. The fourth-order valence-electron chi connectivity index (χ4n) is 3.09. The number of amidine groups is 1. The van der Waals surface area contributed by atoms with E-state index in [1.807, 2.05) is 0 Å². The summed E-state index contributed by atoms with van der Waals surface area (Å²) in [6.45, 7) is 6.58. The van der Waals surface area contributed by atoms with Gasteiger partial charge in [0, 0.05) is 11.8 Å². The molecule has 0 fully saturated rings. The summed E-state index contributed by atoms with van der Waals surface area (Å²) in [7, 11) is 0. The number of anilines is 1. The Morgan fingerprint density at radius 1 is 1.26 bits per heavy atom. The third-order valence-electron chi connectivity index (χ3n) is 4.50. The molecule has 0 saturated heterocycles. The number of hydrogen-bond donors (Lipinski definition) is 2. The van der Waals surface area contributed by atoms with E-state index in [0.29, 0.717) is 18.0 Å². The van der Waals surface area contributed by atoms with Crippen LogP contribution in [0.4, 0.5) is 14.6 Å². The monoisotopic (exact) mass is 370 g/mol. The zero-order valence-corrected chi connectivity index (χ0v) is 15.3. The molecule has 0 aliphatic carbocycles. The number of benzene rings is 1. The van der Waals surface area contributed by atoms with Crippen LogP contribution in [-0.4, -0.2) is 32.5 Å². The van der Waals surface area contributed by atoms with Gasteiger partial charge in [0.2, 0.25) is 0 Å². The molecular formula is C19H20F2N6. The van der Waals surface area contributed by atoms with Gasteiger partial charge in [0.25, 0.3) is 0 Å². The number of hydrogen-bond acceptors (Lipinski definition) is 5. The van der Waals surface area contributed by atoms with Gasteiger partial charge in [-0.25, -0.2) is 18.3 Å². The second-order valence-electron chi connectivity index (χ2n) is 7.34. The van der Waals surface area contributed by atoms with Crippen LogP contribution in [0.3, 0.4) is 0 Å². The highest BCUT2D eigenvalue weighted by Gasteiger charge is 2.27. The normalized spacial score (nSPS) is 16.9. The zero-order chi connectivity index (χ0) is 19.2. The molecule has 6 nitrogen and oxygen atoms in total. The molecule has 3 heterocycles. The van der Waals surface area contributed by atoms with Gasteiger partial charge in [-0.1, -0.05) is 0 Å². The van der Waals surface area contributed by atoms with Gasteiger partial charge >= 0.3 is 0 Å². The Morgan fingerprint density at radius 3 is 2.81 bits per heavy atom. The van der Waals surface area contributed by atoms with Crippen molar-refractivity contribution in [3.63, 3.8) is 0 Å². The van der Waals surface area contributed by atoms with E-state index < -0.39 is 17.7 Å². The number of nitrogens with one attached hydrogen (secondary N) is 2. The Bertz CT molecular complexity index is 1040. The van der Waals surface area contributed by atoms with Crippen LogP contribution in [0.2, 0.25) is 0 Å². The third kappa shape index (κ3) is 3.34. The smallest absolute Gasteiger partial charge is 0.168 e. The standard InChI is InChI=1S/C19H20F2N6/c1-11(13-8-12(20)4-5-15(13)21)24-16-6-7-27-18(25-16)14(9-23-27)17-22-10-19(2,3)26-17/h4-9,11H,10H2,1-3H3,(H,22,26)(H,24,25). The van der Waals surface area contributed by atoms with Crippen LogP contribution in [0.15, 0.2) is 41.7 Å². The topological polar surface area (TPSA) is 66.6 Å². The average Bonchev–Trinajstić information content (AvgIpc) is 3.19. The lowest BCUT2D eigenvalue weighted by Crippen LogP contribution is -2.39. The Labute approximate surface area is 155 Å². The highest BCUT2D eigenvalue weighted by atomic mass is 19.1. The van der Waals surface area contributed by atoms with E-state index in [1.165, 1.54) is 6.07 Å². The van der Waals surface area contributed by atoms with Crippen molar-refractivity contribution in [2.24, 2.45) is 4.99 Å². The van der Waals surface area contributed by atoms with Crippen LogP contribution in [0.1, 0.15) is 37.9 Å². The molecule has 0 amide bonds. The Morgan fingerprint density at radius 2 is 2.07 bits per heavy atom. The molecule has 1 aliphatic heterocycles. The van der Waals surface area contributed by atoms with E-state index in [2.05, 4.69) is 39.6 Å². The first-order valence-corrected chi connectivity index (χ1v) is 8.71. The number of rotatable bonds is 4. The molecule has 0 radical (unpaired) electrons. The first-order chi connectivity index (χ1) is 12.8. The van der Waals surface area contributed by atoms with Gasteiger partial charge < -0.3 is 10.6 Å². The Balaban J connectivity index is 1.64. The van der Waals surface area contributed by atoms with Gasteiger partial charge in [-0.05, 0) is 45.0 Å². The molecule has 8 heteroatoms. The fraction of sp³-hybridized carbons (Fsp3) is 0.316. The molecule has 4 rings (SSSR count). The van der Waals surface area contributed by atoms with E-state index in [0.717, 1.165) is 23.5 Å². The summed E-state index contributed by atoms with van der Waals surface area (Å²) in [6, 6.07) is 4.70. The van der Waals surface area contributed by atoms with Gasteiger partial charge in [0.05, 0.1) is 29.9 Å². The summed E-state index contributed by atoms with van der Waals surface area (Å²) in [5.74, 6) is 0.353. The second kappa shape index (κ2) is 6.29. The fourth-order valence-corrected chi connectivity index (χ4v) is 3.09. The van der Waals surface area contributed by atoms with E-state index >= 15 is 0 Å². The molecular weight excluding hydrogens is 350 g/mol. The molecule has 1 unspecified atom stereocenters. The number of halogens is 2. The van der Waals surface area contributed by atoms with Crippen LogP contribution in [0.5, 0.6) is 0 Å². The molecule has 27 heavy (non-hydrogen) atoms. The van der Waals surface area contributed by atoms with Gasteiger partial charge in [0.15, 0.2) is 5.65 Å². The van der Waals surface area contributed by atoms with Gasteiger partial charge in [-0.2, -0.15) is 5.10 Å². The summed E-state index contributed by atoms with van der Waals surface area (Å²) >= 11 is 0. The second-order valence-corrected chi connectivity index (χ2v) is 7.34. The van der Waals surface area contributed by atoms with Crippen molar-refractivity contribution in [1.82, 2.24) is 19.9 Å². The summed E-state index contributed by atoms with van der Waals surface area (Å²) in [5, 5.41) is 10.8. The Hall–Kier alpha value is -3.03. The minimum absolute atomic E-state index is 0.108. The maximum atomic E-state index is 14.0. The van der Waals surface area contributed by atoms with Crippen molar-refractivity contribution in [1.29, 1.82) is 0 Å². The lowest BCUT2D eigenvalue weighted by molar-refractivity contribution is 0.506. The number of aliphatic imine (C=N–C) groups is 1. The SMILES string of the molecule is CC(Nc1ccn2ncc(C3=NCC(C)(C)N3)c2n1)c1cc(F)ccc1F. The maximum Gasteiger partial charge on any atom is 0.168 e. The molecule has 1 atom stereocenters. The van der Waals surface area contributed by atoms with Crippen molar-refractivity contribution in [3.8, 4) is 0 Å². The quantitative estimate of drug-likeness (QED) is 0.739. The van der Waals surface area contributed by atoms with Crippen molar-refractivity contribution < 1.29 is 8.78 Å². The number of nitrogens with zero attached hydrogens (tertiary/aromatic N) is 4. The van der Waals surface area contributed by atoms with Crippen LogP contribution in [0.25, 0.3) is 5.65 Å². The molecule has 2 aromatic heterocycles. The lowest BCUT2D eigenvalue weighted by Gasteiger charge is -2.18. The first kappa shape index (κ1) is 17.4. The van der Waals surface area contributed by atoms with E-state index in [-0.39, 0.29) is 11.1 Å². The van der Waals surface area contributed by atoms with Crippen LogP contribution >= 0.6 is 0 Å². The highest BCUT2D eigenvalue weighted by molar-refractivity contribution is 6.05. The molecule has 0 saturated carbocycles. The molecule has 0 bridgehead atoms. The molecule has 0 spiro atoms. The van der Waals surface area contributed by atoms with E-state index in [4.69, 9.17) is 0 Å². The Kier molecular flexibility index (Phi) is 4.05. The van der Waals surface area contributed by atoms with Gasteiger partial charge in [-0.15, -0.1) is 0 Å². The lowest BCUT2D eigenvalue weighted by atomic mass is 10.1. The molecule has 140 valence electrons. The summed E-state index contributed by atoms with van der Waals surface area (Å²) in [4.78, 5) is 9.14. The summed E-state index contributed by atoms with van der Waals surface area (Å²) in [6.07, 6.45) is 3.48. The molecule has 2 N–H and O–H groups in total. The van der Waals surface area contributed by atoms with Crippen LogP contribution in [-0.2, 0) is 0 Å². The first-order valence-electron chi connectivity index (χ1n) is 8.71. The highest BCUT2D eigenvalue weighted by Crippen LogP contribution is 2.23. The van der Waals surface area contributed by atoms with Crippen molar-refractivity contribution in [2.45, 2.75) is 32.4 Å². The molecule has 1 aromatic carbocycles. The number of aromatic nitrogens is 3. The minimum Gasteiger partial charge on any atom is -0.363 e. The predicted octanol–water partition coefficient (Wildman–Crippen LogP) is 3.31. The summed E-state index contributed by atoms with van der Waals surface area (Å²) in [5.41, 5.74) is 1.57. The third-order valence-corrected chi connectivity index (χ3v) is 4.50. The minimum atomic E-state index is -0.477. The zero-order valence-electron chi connectivity index (χ0n) is 15.3. The van der Waals surface area contributed by atoms with Crippen molar-refractivity contribution in [3.05, 3.63) is 59.4 Å². The predicted molar refractivity (Wildman–Crippen MR) is 100 cm³/mol. The molecule has 3 aromatic rings. The van der Waals surface area contributed by atoms with Gasteiger partial charge in [0.1, 0.15) is 23.3 Å². The van der Waals surface area contributed by atoms with E-state index in [9.17, 15) is 8.78 Å². The van der Waals surface area contributed by atoms with Crippen LogP contribution in [0, 0.1) is 11.6 Å². The summed E-state index contributed by atoms with van der Waals surface area (Å²) < 4.78 is 29.1. The van der Waals surface area contributed by atoms with Crippen molar-refractivity contribution in [2.75, 3.05) is 11.9 Å². The van der Waals surface area contributed by atoms with E-state index in [1.54, 1.807) is 29.9 Å². The maximum absolute atomic E-state index is 14.0. The largest absolute Gasteiger partial charge is 0.363 e. The van der Waals surface area contributed by atoms with Crippen molar-refractivity contribution >= 4 is 17.3 Å². The number of fused-ring (bicyclic) bond motifs is 1.